The number of halogens is 1. The van der Waals surface area contributed by atoms with Crippen LogP contribution in [0.25, 0.3) is 0 Å². The molecule has 0 aliphatic heterocycles. The molecule has 1 fully saturated rings. The summed E-state index contributed by atoms with van der Waals surface area (Å²) in [6, 6.07) is 9.35. The van der Waals surface area contributed by atoms with Crippen LogP contribution in [0.1, 0.15) is 50.6 Å². The van der Waals surface area contributed by atoms with Crippen molar-refractivity contribution in [3.05, 3.63) is 34.9 Å². The van der Waals surface area contributed by atoms with Crippen molar-refractivity contribution in [2.24, 2.45) is 5.92 Å². The van der Waals surface area contributed by atoms with E-state index in [2.05, 4.69) is 36.3 Å². The maximum absolute atomic E-state index is 6.11. The van der Waals surface area contributed by atoms with Gasteiger partial charge in [-0.3, -0.25) is 0 Å². The molecule has 0 bridgehead atoms. The molecule has 1 N–H and O–H groups in total. The Labute approximate surface area is 134 Å². The van der Waals surface area contributed by atoms with Gasteiger partial charge in [0.1, 0.15) is 0 Å². The highest BCUT2D eigenvalue weighted by Gasteiger charge is 2.25. The van der Waals surface area contributed by atoms with Crippen LogP contribution in [0.15, 0.2) is 24.3 Å². The van der Waals surface area contributed by atoms with Crippen LogP contribution in [0.5, 0.6) is 0 Å². The lowest BCUT2D eigenvalue weighted by Gasteiger charge is -2.37. The van der Waals surface area contributed by atoms with Crippen molar-refractivity contribution < 1.29 is 0 Å². The lowest BCUT2D eigenvalue weighted by molar-refractivity contribution is 0.135. The van der Waals surface area contributed by atoms with E-state index >= 15 is 0 Å². The third-order valence-corrected chi connectivity index (χ3v) is 5.24. The zero-order valence-electron chi connectivity index (χ0n) is 13.6. The van der Waals surface area contributed by atoms with Gasteiger partial charge < -0.3 is 10.2 Å². The van der Waals surface area contributed by atoms with E-state index in [1.165, 1.54) is 31.2 Å². The van der Waals surface area contributed by atoms with Crippen LogP contribution in [0, 0.1) is 5.92 Å². The first kappa shape index (κ1) is 16.8. The lowest BCUT2D eigenvalue weighted by atomic mass is 9.85. The van der Waals surface area contributed by atoms with E-state index in [0.29, 0.717) is 6.04 Å². The summed E-state index contributed by atoms with van der Waals surface area (Å²) in [6.45, 7) is 3.54. The number of nitrogens with one attached hydrogen (secondary N) is 1. The highest BCUT2D eigenvalue weighted by molar-refractivity contribution is 6.30. The Balaban J connectivity index is 1.90. The zero-order valence-corrected chi connectivity index (χ0v) is 14.4. The van der Waals surface area contributed by atoms with Gasteiger partial charge in [0.15, 0.2) is 0 Å². The molecule has 0 heterocycles. The van der Waals surface area contributed by atoms with E-state index in [9.17, 15) is 0 Å². The van der Waals surface area contributed by atoms with Crippen molar-refractivity contribution in [1.29, 1.82) is 0 Å². The third-order valence-electron chi connectivity index (χ3n) is 5.00. The highest BCUT2D eigenvalue weighted by Crippen LogP contribution is 2.28. The molecule has 0 radical (unpaired) electrons. The number of hydrogen-bond acceptors (Lipinski definition) is 2. The topological polar surface area (TPSA) is 15.3 Å². The van der Waals surface area contributed by atoms with Gasteiger partial charge >= 0.3 is 0 Å². The van der Waals surface area contributed by atoms with Gasteiger partial charge in [0.25, 0.3) is 0 Å². The van der Waals surface area contributed by atoms with E-state index in [-0.39, 0.29) is 0 Å². The molecule has 0 aromatic heterocycles. The van der Waals surface area contributed by atoms with Gasteiger partial charge in [-0.15, -0.1) is 0 Å². The van der Waals surface area contributed by atoms with Crippen LogP contribution in [0.2, 0.25) is 5.02 Å². The first-order valence-corrected chi connectivity index (χ1v) is 8.62. The van der Waals surface area contributed by atoms with E-state index < -0.39 is 0 Å². The Kier molecular flexibility index (Phi) is 6.53. The van der Waals surface area contributed by atoms with Crippen molar-refractivity contribution in [1.82, 2.24) is 10.2 Å². The van der Waals surface area contributed by atoms with Crippen LogP contribution in [0.4, 0.5) is 0 Å². The molecule has 3 heteroatoms. The number of benzene rings is 1. The number of hydrogen-bond donors (Lipinski definition) is 1. The fourth-order valence-electron chi connectivity index (χ4n) is 3.65. The molecule has 0 saturated heterocycles. The Hall–Kier alpha value is -0.570. The standard InChI is InChI=1S/C18H29ClN2/c1-14-7-4-5-10-18(14)21(3)12-11-17(20-2)15-8-6-9-16(19)13-15/h6,8-9,13-14,17-18,20H,4-5,7,10-12H2,1-3H3. The molecule has 2 nitrogen and oxygen atoms in total. The SMILES string of the molecule is CNC(CCN(C)C1CCCCC1C)c1cccc(Cl)c1. The summed E-state index contributed by atoms with van der Waals surface area (Å²) in [6.07, 6.45) is 6.67. The quantitative estimate of drug-likeness (QED) is 0.832. The Morgan fingerprint density at radius 2 is 2.10 bits per heavy atom. The van der Waals surface area contributed by atoms with Crippen molar-refractivity contribution in [3.63, 3.8) is 0 Å². The molecule has 1 saturated carbocycles. The first-order valence-electron chi connectivity index (χ1n) is 8.24. The highest BCUT2D eigenvalue weighted by atomic mass is 35.5. The van der Waals surface area contributed by atoms with Crippen LogP contribution in [0.3, 0.4) is 0 Å². The second-order valence-corrected chi connectivity index (χ2v) is 6.93. The predicted molar refractivity (Wildman–Crippen MR) is 91.9 cm³/mol. The average molecular weight is 309 g/mol. The molecule has 0 amide bonds. The molecule has 1 aliphatic carbocycles. The number of rotatable bonds is 6. The predicted octanol–water partition coefficient (Wildman–Crippen LogP) is 4.50. The van der Waals surface area contributed by atoms with Gasteiger partial charge in [-0.1, -0.05) is 43.5 Å². The molecule has 1 aromatic rings. The molecule has 118 valence electrons. The summed E-state index contributed by atoms with van der Waals surface area (Å²) >= 11 is 6.11. The summed E-state index contributed by atoms with van der Waals surface area (Å²) in [5.74, 6) is 0.836. The van der Waals surface area contributed by atoms with Crippen LogP contribution in [-0.2, 0) is 0 Å². The van der Waals surface area contributed by atoms with E-state index in [1.807, 2.05) is 19.2 Å². The molecule has 3 atom stereocenters. The van der Waals surface area contributed by atoms with Crippen LogP contribution < -0.4 is 5.32 Å². The fourth-order valence-corrected chi connectivity index (χ4v) is 3.85. The van der Waals surface area contributed by atoms with Crippen molar-refractivity contribution >= 4 is 11.6 Å². The monoisotopic (exact) mass is 308 g/mol. The second-order valence-electron chi connectivity index (χ2n) is 6.49. The maximum Gasteiger partial charge on any atom is 0.0409 e. The Bertz CT molecular complexity index is 435. The normalized spacial score (nSPS) is 24.2. The number of nitrogens with zero attached hydrogens (tertiary/aromatic N) is 1. The Morgan fingerprint density at radius 3 is 2.76 bits per heavy atom. The van der Waals surface area contributed by atoms with Crippen molar-refractivity contribution in [2.75, 3.05) is 20.6 Å². The lowest BCUT2D eigenvalue weighted by Crippen LogP contribution is -2.40. The van der Waals surface area contributed by atoms with Crippen LogP contribution in [-0.4, -0.2) is 31.6 Å². The van der Waals surface area contributed by atoms with Gasteiger partial charge in [-0.05, 0) is 63.5 Å². The van der Waals surface area contributed by atoms with Crippen molar-refractivity contribution in [3.8, 4) is 0 Å². The van der Waals surface area contributed by atoms with E-state index in [1.54, 1.807) is 0 Å². The minimum absolute atomic E-state index is 0.380. The summed E-state index contributed by atoms with van der Waals surface area (Å²) < 4.78 is 0. The summed E-state index contributed by atoms with van der Waals surface area (Å²) in [4.78, 5) is 2.57. The van der Waals surface area contributed by atoms with Gasteiger partial charge in [0.05, 0.1) is 0 Å². The summed E-state index contributed by atoms with van der Waals surface area (Å²) in [5, 5.41) is 4.25. The summed E-state index contributed by atoms with van der Waals surface area (Å²) in [5.41, 5.74) is 1.29. The molecular weight excluding hydrogens is 280 g/mol. The molecule has 1 aliphatic rings. The minimum atomic E-state index is 0.380. The smallest absolute Gasteiger partial charge is 0.0409 e. The Morgan fingerprint density at radius 1 is 1.33 bits per heavy atom. The van der Waals surface area contributed by atoms with Crippen LogP contribution >= 0.6 is 11.6 Å². The van der Waals surface area contributed by atoms with Gasteiger partial charge in [0, 0.05) is 17.1 Å². The molecule has 0 spiro atoms. The summed E-state index contributed by atoms with van der Waals surface area (Å²) in [7, 11) is 4.33. The van der Waals surface area contributed by atoms with E-state index in [4.69, 9.17) is 11.6 Å². The third kappa shape index (κ3) is 4.70. The average Bonchev–Trinajstić information content (AvgIpc) is 2.48. The van der Waals surface area contributed by atoms with Crippen molar-refractivity contribution in [2.45, 2.75) is 51.1 Å². The molecule has 21 heavy (non-hydrogen) atoms. The molecule has 2 rings (SSSR count). The zero-order chi connectivity index (χ0) is 15.2. The van der Waals surface area contributed by atoms with Gasteiger partial charge in [0.2, 0.25) is 0 Å². The largest absolute Gasteiger partial charge is 0.313 e. The van der Waals surface area contributed by atoms with Gasteiger partial charge in [-0.2, -0.15) is 0 Å². The minimum Gasteiger partial charge on any atom is -0.313 e. The maximum atomic E-state index is 6.11. The molecular formula is C18H29ClN2. The molecule has 3 unspecified atom stereocenters. The fraction of sp³-hybridized carbons (Fsp3) is 0.667. The van der Waals surface area contributed by atoms with E-state index in [0.717, 1.165) is 29.9 Å². The first-order chi connectivity index (χ1) is 10.1. The van der Waals surface area contributed by atoms with Gasteiger partial charge in [-0.25, -0.2) is 0 Å². The molecule has 1 aromatic carbocycles. The second kappa shape index (κ2) is 8.17.